The second-order valence-corrected chi connectivity index (χ2v) is 7.97. The number of benzene rings is 3. The third-order valence-electron chi connectivity index (χ3n) is 5.23. The van der Waals surface area contributed by atoms with Crippen LogP contribution in [-0.2, 0) is 4.74 Å². The number of carbonyl (C=O) groups excluding carboxylic acids is 2. The molecule has 0 radical (unpaired) electrons. The lowest BCUT2D eigenvalue weighted by Gasteiger charge is -2.14. The van der Waals surface area contributed by atoms with Crippen molar-refractivity contribution in [2.75, 3.05) is 19.0 Å². The zero-order valence-electron chi connectivity index (χ0n) is 18.4. The number of methoxy groups -OCH3 is 1. The van der Waals surface area contributed by atoms with Crippen LogP contribution in [0.3, 0.4) is 0 Å². The molecule has 0 saturated heterocycles. The quantitative estimate of drug-likeness (QED) is 0.252. The zero-order chi connectivity index (χ0) is 24.2. The van der Waals surface area contributed by atoms with Crippen LogP contribution < -0.4 is 5.32 Å². The maximum absolute atomic E-state index is 13.2. The Labute approximate surface area is 200 Å². The number of halogens is 2. The number of ketones is 1. The van der Waals surface area contributed by atoms with Crippen LogP contribution in [0.15, 0.2) is 71.3 Å². The largest absolute Gasteiger partial charge is 0.465 e. The average Bonchev–Trinajstić information content (AvgIpc) is 3.29. The summed E-state index contributed by atoms with van der Waals surface area (Å²) in [5.41, 5.74) is 4.36. The molecule has 0 fully saturated rings. The molecule has 0 atom stereocenters. The zero-order valence-corrected chi connectivity index (χ0v) is 19.2. The van der Waals surface area contributed by atoms with Crippen molar-refractivity contribution in [2.24, 2.45) is 0 Å². The number of hydrogen-bond donors (Lipinski definition) is 1. The molecule has 1 aromatic heterocycles. The highest BCUT2D eigenvalue weighted by atomic mass is 35.5. The number of anilines is 1. The van der Waals surface area contributed by atoms with E-state index in [1.807, 2.05) is 24.3 Å². The number of nitrogens with one attached hydrogen (secondary N) is 1. The van der Waals surface area contributed by atoms with Crippen molar-refractivity contribution in [1.29, 1.82) is 0 Å². The second kappa shape index (κ2) is 9.89. The van der Waals surface area contributed by atoms with Crippen LogP contribution in [0.25, 0.3) is 22.3 Å². The van der Waals surface area contributed by atoms with Crippen molar-refractivity contribution in [1.82, 2.24) is 5.16 Å². The number of aryl methyl sites for hydroxylation is 1. The van der Waals surface area contributed by atoms with Gasteiger partial charge in [0.2, 0.25) is 11.5 Å². The van der Waals surface area contributed by atoms with Crippen molar-refractivity contribution < 1.29 is 23.2 Å². The van der Waals surface area contributed by atoms with Crippen LogP contribution >= 0.6 is 11.6 Å². The van der Waals surface area contributed by atoms with E-state index in [-0.39, 0.29) is 29.5 Å². The summed E-state index contributed by atoms with van der Waals surface area (Å²) in [4.78, 5) is 24.8. The first-order chi connectivity index (χ1) is 16.4. The van der Waals surface area contributed by atoms with Gasteiger partial charge in [-0.3, -0.25) is 4.79 Å². The van der Waals surface area contributed by atoms with Crippen molar-refractivity contribution in [3.8, 4) is 22.3 Å². The molecule has 0 aliphatic rings. The molecule has 0 saturated carbocycles. The maximum Gasteiger partial charge on any atom is 0.339 e. The monoisotopic (exact) mass is 478 g/mol. The molecule has 172 valence electrons. The van der Waals surface area contributed by atoms with Gasteiger partial charge in [-0.1, -0.05) is 53.2 Å². The van der Waals surface area contributed by atoms with Gasteiger partial charge in [-0.25, -0.2) is 9.18 Å². The highest BCUT2D eigenvalue weighted by Crippen LogP contribution is 2.34. The number of esters is 1. The molecule has 0 bridgehead atoms. The minimum absolute atomic E-state index is 0.119. The van der Waals surface area contributed by atoms with Crippen LogP contribution in [0.5, 0.6) is 0 Å². The van der Waals surface area contributed by atoms with Crippen molar-refractivity contribution >= 4 is 29.0 Å². The van der Waals surface area contributed by atoms with E-state index in [2.05, 4.69) is 10.5 Å². The van der Waals surface area contributed by atoms with Crippen molar-refractivity contribution in [3.63, 3.8) is 0 Å². The lowest BCUT2D eigenvalue weighted by atomic mass is 9.98. The van der Waals surface area contributed by atoms with E-state index < -0.39 is 5.97 Å². The van der Waals surface area contributed by atoms with Crippen LogP contribution in [0, 0.1) is 12.7 Å². The van der Waals surface area contributed by atoms with Crippen LogP contribution in [0.1, 0.15) is 26.6 Å². The Bertz CT molecular complexity index is 1350. The van der Waals surface area contributed by atoms with Gasteiger partial charge in [0.1, 0.15) is 5.82 Å². The van der Waals surface area contributed by atoms with Gasteiger partial charge in [-0.2, -0.15) is 0 Å². The number of aromatic nitrogens is 1. The molecule has 34 heavy (non-hydrogen) atoms. The normalized spacial score (nSPS) is 10.7. The number of carbonyl (C=O) groups is 2. The Morgan fingerprint density at radius 3 is 2.21 bits per heavy atom. The minimum atomic E-state index is -0.577. The highest BCUT2D eigenvalue weighted by molar-refractivity contribution is 6.34. The van der Waals surface area contributed by atoms with Crippen molar-refractivity contribution in [3.05, 3.63) is 94.6 Å². The number of Topliss-reactive ketones (excluding diaryl/α,β-unsaturated/α-hetero) is 1. The van der Waals surface area contributed by atoms with Gasteiger partial charge in [0.05, 0.1) is 35.6 Å². The average molecular weight is 479 g/mol. The molecule has 8 heteroatoms. The van der Waals surface area contributed by atoms with Crippen molar-refractivity contribution in [2.45, 2.75) is 6.92 Å². The minimum Gasteiger partial charge on any atom is -0.465 e. The Morgan fingerprint density at radius 2 is 1.62 bits per heavy atom. The van der Waals surface area contributed by atoms with Gasteiger partial charge in [0.15, 0.2) is 0 Å². The van der Waals surface area contributed by atoms with E-state index in [0.717, 1.165) is 16.7 Å². The lowest BCUT2D eigenvalue weighted by Crippen LogP contribution is -2.16. The Kier molecular flexibility index (Phi) is 6.75. The molecule has 0 amide bonds. The van der Waals surface area contributed by atoms with Crippen LogP contribution in [0.4, 0.5) is 10.1 Å². The molecule has 3 aromatic carbocycles. The second-order valence-electron chi connectivity index (χ2n) is 7.56. The van der Waals surface area contributed by atoms with E-state index in [9.17, 15) is 14.0 Å². The maximum atomic E-state index is 13.2. The van der Waals surface area contributed by atoms with E-state index in [4.69, 9.17) is 20.9 Å². The fourth-order valence-electron chi connectivity index (χ4n) is 3.46. The Morgan fingerprint density at radius 1 is 1.00 bits per heavy atom. The van der Waals surface area contributed by atoms with Crippen LogP contribution in [0.2, 0.25) is 5.02 Å². The molecular weight excluding hydrogens is 459 g/mol. The summed E-state index contributed by atoms with van der Waals surface area (Å²) in [6, 6.07) is 18.5. The first-order valence-corrected chi connectivity index (χ1v) is 10.7. The van der Waals surface area contributed by atoms with Gasteiger partial charge in [0.25, 0.3) is 0 Å². The van der Waals surface area contributed by atoms with Gasteiger partial charge in [-0.15, -0.1) is 0 Å². The van der Waals surface area contributed by atoms with E-state index in [0.29, 0.717) is 22.0 Å². The predicted molar refractivity (Wildman–Crippen MR) is 128 cm³/mol. The van der Waals surface area contributed by atoms with Gasteiger partial charge < -0.3 is 14.6 Å². The number of ether oxygens (including phenoxy) is 1. The van der Waals surface area contributed by atoms with E-state index in [1.54, 1.807) is 31.2 Å². The smallest absolute Gasteiger partial charge is 0.339 e. The summed E-state index contributed by atoms with van der Waals surface area (Å²) in [6.45, 7) is 1.59. The van der Waals surface area contributed by atoms with E-state index in [1.165, 1.54) is 25.3 Å². The SMILES string of the molecule is COC(=O)c1cc(-c2ccc(-c3ccc(F)cc3)cc2)c(Cl)cc1NCC(=O)c1cc(C)no1. The lowest BCUT2D eigenvalue weighted by molar-refractivity contribution is 0.0601. The van der Waals surface area contributed by atoms with Crippen LogP contribution in [-0.4, -0.2) is 30.6 Å². The molecule has 4 aromatic rings. The molecule has 4 rings (SSSR count). The first-order valence-electron chi connectivity index (χ1n) is 10.3. The number of hydrogen-bond acceptors (Lipinski definition) is 6. The molecule has 0 unspecified atom stereocenters. The highest BCUT2D eigenvalue weighted by Gasteiger charge is 2.19. The van der Waals surface area contributed by atoms with Gasteiger partial charge >= 0.3 is 5.97 Å². The summed E-state index contributed by atoms with van der Waals surface area (Å²) in [7, 11) is 1.28. The molecular formula is C26H20ClFN2O4. The summed E-state index contributed by atoms with van der Waals surface area (Å²) >= 11 is 6.55. The fourth-order valence-corrected chi connectivity index (χ4v) is 3.73. The Balaban J connectivity index is 1.61. The standard InChI is InChI=1S/C26H20ClFN2O4/c1-15-11-25(34-30-15)24(31)14-29-23-13-22(27)20(12-21(23)26(32)33-2)18-5-3-16(4-6-18)17-7-9-19(28)10-8-17/h3-13,29H,14H2,1-2H3. The van der Waals surface area contributed by atoms with E-state index >= 15 is 0 Å². The number of nitrogens with zero attached hydrogens (tertiary/aromatic N) is 1. The summed E-state index contributed by atoms with van der Waals surface area (Å²) in [5.74, 6) is -1.08. The molecule has 1 heterocycles. The molecule has 0 aliphatic carbocycles. The molecule has 0 aliphatic heterocycles. The molecule has 6 nitrogen and oxygen atoms in total. The molecule has 1 N–H and O–H groups in total. The third kappa shape index (κ3) is 5.00. The third-order valence-corrected chi connectivity index (χ3v) is 5.54. The number of rotatable bonds is 7. The summed E-state index contributed by atoms with van der Waals surface area (Å²) < 4.78 is 23.1. The first kappa shape index (κ1) is 23.2. The predicted octanol–water partition coefficient (Wildman–Crippen LogP) is 6.19. The molecule has 0 spiro atoms. The van der Waals surface area contributed by atoms with Gasteiger partial charge in [-0.05, 0) is 47.9 Å². The van der Waals surface area contributed by atoms with Gasteiger partial charge in [0, 0.05) is 11.6 Å². The summed E-state index contributed by atoms with van der Waals surface area (Å²) in [5, 5.41) is 7.02. The fraction of sp³-hybridized carbons (Fsp3) is 0.115. The Hall–Kier alpha value is -3.97. The summed E-state index contributed by atoms with van der Waals surface area (Å²) in [6.07, 6.45) is 0. The topological polar surface area (TPSA) is 81.4 Å².